The molecule has 0 aromatic heterocycles. The number of nitrogens with two attached hydrogens (primary N) is 1. The summed E-state index contributed by atoms with van der Waals surface area (Å²) in [5.41, 5.74) is 9.75. The van der Waals surface area contributed by atoms with E-state index in [-0.39, 0.29) is 11.6 Å². The molecule has 0 bridgehead atoms. The first-order valence-corrected chi connectivity index (χ1v) is 8.47. The van der Waals surface area contributed by atoms with Crippen LogP contribution < -0.4 is 10.5 Å². The zero-order valence-corrected chi connectivity index (χ0v) is 15.2. The second kappa shape index (κ2) is 5.41. The van der Waals surface area contributed by atoms with Gasteiger partial charge in [0.25, 0.3) is 0 Å². The Bertz CT molecular complexity index is 697. The molecule has 110 valence electrons. The van der Waals surface area contributed by atoms with E-state index in [4.69, 9.17) is 10.5 Å². The second-order valence-corrected chi connectivity index (χ2v) is 7.82. The summed E-state index contributed by atoms with van der Waals surface area (Å²) >= 11 is 7.06. The van der Waals surface area contributed by atoms with Gasteiger partial charge in [-0.2, -0.15) is 0 Å². The van der Waals surface area contributed by atoms with Crippen LogP contribution in [-0.2, 0) is 6.42 Å². The molecule has 0 saturated heterocycles. The highest BCUT2D eigenvalue weighted by molar-refractivity contribution is 9.11. The molecule has 0 radical (unpaired) electrons. The minimum absolute atomic E-state index is 0.122. The molecule has 2 N–H and O–H groups in total. The highest BCUT2D eigenvalue weighted by Gasteiger charge is 2.30. The van der Waals surface area contributed by atoms with Crippen molar-refractivity contribution in [1.82, 2.24) is 0 Å². The Morgan fingerprint density at radius 1 is 1.14 bits per heavy atom. The van der Waals surface area contributed by atoms with E-state index in [9.17, 15) is 0 Å². The van der Waals surface area contributed by atoms with Gasteiger partial charge in [-0.15, -0.1) is 0 Å². The van der Waals surface area contributed by atoms with Gasteiger partial charge in [-0.1, -0.05) is 50.1 Å². The van der Waals surface area contributed by atoms with Gasteiger partial charge in [-0.05, 0) is 48.7 Å². The average molecular weight is 411 g/mol. The molecule has 1 unspecified atom stereocenters. The van der Waals surface area contributed by atoms with Gasteiger partial charge in [0.05, 0.1) is 6.04 Å². The SMILES string of the molecule is CC1(C)Cc2cc(C(N)c3ccc(Br)cc3Br)ccc2O1. The smallest absolute Gasteiger partial charge is 0.123 e. The highest BCUT2D eigenvalue weighted by atomic mass is 79.9. The molecule has 1 aliphatic rings. The van der Waals surface area contributed by atoms with Gasteiger partial charge >= 0.3 is 0 Å². The van der Waals surface area contributed by atoms with Gasteiger partial charge in [-0.3, -0.25) is 0 Å². The topological polar surface area (TPSA) is 35.2 Å². The highest BCUT2D eigenvalue weighted by Crippen LogP contribution is 2.37. The molecule has 2 aromatic carbocycles. The van der Waals surface area contributed by atoms with Crippen molar-refractivity contribution in [1.29, 1.82) is 0 Å². The number of rotatable bonds is 2. The molecule has 1 aliphatic heterocycles. The predicted octanol–water partition coefficient (Wildman–Crippen LogP) is 4.97. The Kier molecular flexibility index (Phi) is 3.89. The van der Waals surface area contributed by atoms with E-state index < -0.39 is 0 Å². The van der Waals surface area contributed by atoms with E-state index in [0.717, 1.165) is 32.2 Å². The molecular formula is C17H17Br2NO. The summed E-state index contributed by atoms with van der Waals surface area (Å²) in [5, 5.41) is 0. The molecule has 0 amide bonds. The Balaban J connectivity index is 1.95. The standard InChI is InChI=1S/C17H17Br2NO/c1-17(2)9-11-7-10(3-6-15(11)21-17)16(20)13-5-4-12(18)8-14(13)19/h3-8,16H,9,20H2,1-2H3. The van der Waals surface area contributed by atoms with Gasteiger partial charge in [0, 0.05) is 15.4 Å². The molecule has 3 rings (SSSR count). The molecule has 21 heavy (non-hydrogen) atoms. The number of hydrogen-bond donors (Lipinski definition) is 1. The molecular weight excluding hydrogens is 394 g/mol. The average Bonchev–Trinajstić information content (AvgIpc) is 2.70. The summed E-state index contributed by atoms with van der Waals surface area (Å²) in [4.78, 5) is 0. The molecule has 4 heteroatoms. The lowest BCUT2D eigenvalue weighted by atomic mass is 9.95. The Morgan fingerprint density at radius 3 is 2.62 bits per heavy atom. The van der Waals surface area contributed by atoms with E-state index >= 15 is 0 Å². The minimum atomic E-state index is -0.151. The van der Waals surface area contributed by atoms with Crippen LogP contribution in [0.3, 0.4) is 0 Å². The summed E-state index contributed by atoms with van der Waals surface area (Å²) in [5.74, 6) is 0.978. The quantitative estimate of drug-likeness (QED) is 0.758. The molecule has 1 heterocycles. The number of benzene rings is 2. The lowest BCUT2D eigenvalue weighted by molar-refractivity contribution is 0.138. The van der Waals surface area contributed by atoms with Gasteiger partial charge in [0.2, 0.25) is 0 Å². The molecule has 2 aromatic rings. The van der Waals surface area contributed by atoms with Crippen LogP contribution in [0.4, 0.5) is 0 Å². The first kappa shape index (κ1) is 15.1. The summed E-state index contributed by atoms with van der Waals surface area (Å²) in [7, 11) is 0. The third-order valence-electron chi connectivity index (χ3n) is 3.74. The molecule has 1 atom stereocenters. The van der Waals surface area contributed by atoms with Crippen molar-refractivity contribution in [3.05, 3.63) is 62.0 Å². The zero-order chi connectivity index (χ0) is 15.2. The van der Waals surface area contributed by atoms with Crippen molar-refractivity contribution >= 4 is 31.9 Å². The van der Waals surface area contributed by atoms with Gasteiger partial charge in [-0.25, -0.2) is 0 Å². The Morgan fingerprint density at radius 2 is 1.90 bits per heavy atom. The van der Waals surface area contributed by atoms with Crippen molar-refractivity contribution in [3.8, 4) is 5.75 Å². The fourth-order valence-corrected chi connectivity index (χ4v) is 4.05. The van der Waals surface area contributed by atoms with E-state index in [1.54, 1.807) is 0 Å². The van der Waals surface area contributed by atoms with E-state index in [0.29, 0.717) is 0 Å². The number of fused-ring (bicyclic) bond motifs is 1. The van der Waals surface area contributed by atoms with Crippen LogP contribution in [0, 0.1) is 0 Å². The van der Waals surface area contributed by atoms with Crippen LogP contribution in [0.1, 0.15) is 36.6 Å². The van der Waals surface area contributed by atoms with Crippen molar-refractivity contribution in [3.63, 3.8) is 0 Å². The summed E-state index contributed by atoms with van der Waals surface area (Å²) in [6, 6.07) is 12.2. The van der Waals surface area contributed by atoms with Crippen molar-refractivity contribution < 1.29 is 4.74 Å². The molecule has 0 saturated carbocycles. The monoisotopic (exact) mass is 409 g/mol. The first-order valence-electron chi connectivity index (χ1n) is 6.88. The first-order chi connectivity index (χ1) is 9.85. The van der Waals surface area contributed by atoms with Gasteiger partial charge in [0.1, 0.15) is 11.4 Å². The Hall–Kier alpha value is -0.840. The molecule has 2 nitrogen and oxygen atoms in total. The van der Waals surface area contributed by atoms with Crippen LogP contribution in [0.5, 0.6) is 5.75 Å². The maximum Gasteiger partial charge on any atom is 0.123 e. The zero-order valence-electron chi connectivity index (χ0n) is 12.0. The van der Waals surface area contributed by atoms with Crippen molar-refractivity contribution in [2.45, 2.75) is 31.9 Å². The molecule has 0 fully saturated rings. The number of hydrogen-bond acceptors (Lipinski definition) is 2. The molecule has 0 aliphatic carbocycles. The largest absolute Gasteiger partial charge is 0.487 e. The fraction of sp³-hybridized carbons (Fsp3) is 0.294. The third-order valence-corrected chi connectivity index (χ3v) is 4.92. The molecule has 0 spiro atoms. The van der Waals surface area contributed by atoms with Crippen LogP contribution >= 0.6 is 31.9 Å². The van der Waals surface area contributed by atoms with Crippen molar-refractivity contribution in [2.75, 3.05) is 0 Å². The van der Waals surface area contributed by atoms with Crippen LogP contribution in [0.25, 0.3) is 0 Å². The van der Waals surface area contributed by atoms with E-state index in [2.05, 4.69) is 57.8 Å². The normalized spacial score (nSPS) is 17.2. The lowest BCUT2D eigenvalue weighted by Gasteiger charge is -2.16. The maximum atomic E-state index is 6.44. The van der Waals surface area contributed by atoms with Crippen LogP contribution in [0.15, 0.2) is 45.3 Å². The maximum absolute atomic E-state index is 6.44. The van der Waals surface area contributed by atoms with E-state index in [1.165, 1.54) is 5.56 Å². The van der Waals surface area contributed by atoms with Gasteiger partial charge in [0.15, 0.2) is 0 Å². The summed E-state index contributed by atoms with van der Waals surface area (Å²) in [6.45, 7) is 4.22. The minimum Gasteiger partial charge on any atom is -0.487 e. The summed E-state index contributed by atoms with van der Waals surface area (Å²) < 4.78 is 7.97. The lowest BCUT2D eigenvalue weighted by Crippen LogP contribution is -2.24. The third kappa shape index (κ3) is 3.03. The predicted molar refractivity (Wildman–Crippen MR) is 92.7 cm³/mol. The Labute approximate surface area is 141 Å². The summed E-state index contributed by atoms with van der Waals surface area (Å²) in [6.07, 6.45) is 0.921. The van der Waals surface area contributed by atoms with Gasteiger partial charge < -0.3 is 10.5 Å². The number of halogens is 2. The fourth-order valence-electron chi connectivity index (χ4n) is 2.76. The van der Waals surface area contributed by atoms with Crippen LogP contribution in [-0.4, -0.2) is 5.60 Å². The second-order valence-electron chi connectivity index (χ2n) is 6.05. The van der Waals surface area contributed by atoms with Crippen molar-refractivity contribution in [2.24, 2.45) is 5.73 Å². The van der Waals surface area contributed by atoms with Crippen LogP contribution in [0.2, 0.25) is 0 Å². The van der Waals surface area contributed by atoms with E-state index in [1.807, 2.05) is 24.3 Å². The number of ether oxygens (including phenoxy) is 1.